The molecule has 0 amide bonds. The molecule has 1 aromatic carbocycles. The highest BCUT2D eigenvalue weighted by atomic mass is 32.1. The van der Waals surface area contributed by atoms with Crippen molar-refractivity contribution in [1.29, 1.82) is 0 Å². The second kappa shape index (κ2) is 3.53. The first-order chi connectivity index (χ1) is 6.70. The lowest BCUT2D eigenvalue weighted by atomic mass is 10.1. The summed E-state index contributed by atoms with van der Waals surface area (Å²) in [5.74, 6) is 0.462. The van der Waals surface area contributed by atoms with Gasteiger partial charge in [-0.15, -0.1) is 0 Å². The number of H-pyrrole nitrogens is 1. The first-order valence-corrected chi connectivity index (χ1v) is 5.15. The highest BCUT2D eigenvalue weighted by Crippen LogP contribution is 2.25. The summed E-state index contributed by atoms with van der Waals surface area (Å²) in [7, 11) is 0. The Morgan fingerprint density at radius 2 is 2.36 bits per heavy atom. The minimum atomic E-state index is 0.275. The van der Waals surface area contributed by atoms with E-state index in [1.54, 1.807) is 0 Å². The summed E-state index contributed by atoms with van der Waals surface area (Å²) in [5, 5.41) is 0.275. The van der Waals surface area contributed by atoms with Gasteiger partial charge >= 0.3 is 0 Å². The van der Waals surface area contributed by atoms with Gasteiger partial charge in [0.2, 0.25) is 0 Å². The summed E-state index contributed by atoms with van der Waals surface area (Å²) in [6.07, 6.45) is 1.01. The molecule has 2 rings (SSSR count). The molecule has 0 spiro atoms. The number of nitrogens with zero attached hydrogens (tertiary/aromatic N) is 1. The van der Waals surface area contributed by atoms with Gasteiger partial charge in [0.25, 0.3) is 0 Å². The topological polar surface area (TPSA) is 54.7 Å². The molecule has 4 heteroatoms. The molecule has 0 saturated heterocycles. The lowest BCUT2D eigenvalue weighted by Gasteiger charge is -2.06. The van der Waals surface area contributed by atoms with Crippen LogP contribution in [0.4, 0.5) is 5.95 Å². The maximum atomic E-state index is 5.56. The van der Waals surface area contributed by atoms with E-state index in [1.807, 2.05) is 12.1 Å². The van der Waals surface area contributed by atoms with E-state index < -0.39 is 0 Å². The smallest absolute Gasteiger partial charge is 0.198 e. The van der Waals surface area contributed by atoms with Crippen LogP contribution >= 0.6 is 12.6 Å². The zero-order valence-electron chi connectivity index (χ0n) is 7.99. The van der Waals surface area contributed by atoms with Gasteiger partial charge in [0, 0.05) is 5.25 Å². The monoisotopic (exact) mass is 207 g/mol. The van der Waals surface area contributed by atoms with Gasteiger partial charge < -0.3 is 10.7 Å². The van der Waals surface area contributed by atoms with Gasteiger partial charge in [0.05, 0.1) is 11.0 Å². The van der Waals surface area contributed by atoms with Crippen LogP contribution < -0.4 is 5.73 Å². The highest BCUT2D eigenvalue weighted by molar-refractivity contribution is 7.80. The van der Waals surface area contributed by atoms with Crippen LogP contribution in [0.1, 0.15) is 24.2 Å². The van der Waals surface area contributed by atoms with Gasteiger partial charge in [-0.2, -0.15) is 12.6 Å². The lowest BCUT2D eigenvalue weighted by Crippen LogP contribution is -1.87. The third kappa shape index (κ3) is 1.57. The Hall–Kier alpha value is -1.16. The molecule has 0 aliphatic carbocycles. The summed E-state index contributed by atoms with van der Waals surface area (Å²) in [6, 6.07) is 6.08. The van der Waals surface area contributed by atoms with E-state index in [0.29, 0.717) is 5.95 Å². The van der Waals surface area contributed by atoms with E-state index >= 15 is 0 Å². The average Bonchev–Trinajstić information content (AvgIpc) is 2.55. The Morgan fingerprint density at radius 1 is 1.57 bits per heavy atom. The number of thiol groups is 1. The van der Waals surface area contributed by atoms with Crippen molar-refractivity contribution in [3.05, 3.63) is 23.8 Å². The SMILES string of the molecule is CCC(S)c1ccc2[nH]c(N)nc2c1. The number of hydrogen-bond acceptors (Lipinski definition) is 3. The number of fused-ring (bicyclic) bond motifs is 1. The predicted molar refractivity (Wildman–Crippen MR) is 62.5 cm³/mol. The zero-order valence-corrected chi connectivity index (χ0v) is 8.88. The molecule has 0 fully saturated rings. The second-order valence-electron chi connectivity index (χ2n) is 3.32. The number of anilines is 1. The summed E-state index contributed by atoms with van der Waals surface area (Å²) < 4.78 is 0. The van der Waals surface area contributed by atoms with Crippen LogP contribution in [0.15, 0.2) is 18.2 Å². The van der Waals surface area contributed by atoms with Gasteiger partial charge in [-0.1, -0.05) is 13.0 Å². The molecule has 0 radical (unpaired) electrons. The summed E-state index contributed by atoms with van der Waals surface area (Å²) in [4.78, 5) is 7.16. The normalized spacial score (nSPS) is 13.3. The number of imidazole rings is 1. The summed E-state index contributed by atoms with van der Waals surface area (Å²) in [6.45, 7) is 2.11. The molecule has 1 unspecified atom stereocenters. The van der Waals surface area contributed by atoms with Crippen LogP contribution in [0.25, 0.3) is 11.0 Å². The lowest BCUT2D eigenvalue weighted by molar-refractivity contribution is 0.904. The van der Waals surface area contributed by atoms with Crippen molar-refractivity contribution in [1.82, 2.24) is 9.97 Å². The Bertz CT molecular complexity index is 450. The number of rotatable bonds is 2. The fraction of sp³-hybridized carbons (Fsp3) is 0.300. The molecular weight excluding hydrogens is 194 g/mol. The van der Waals surface area contributed by atoms with Crippen molar-refractivity contribution in [2.75, 3.05) is 5.73 Å². The third-order valence-electron chi connectivity index (χ3n) is 2.30. The van der Waals surface area contributed by atoms with E-state index in [1.165, 1.54) is 5.56 Å². The Morgan fingerprint density at radius 3 is 3.07 bits per heavy atom. The standard InChI is InChI=1S/C10H13N3S/c1-2-9(14)6-3-4-7-8(5-6)13-10(11)12-7/h3-5,9,14H,2H2,1H3,(H3,11,12,13). The predicted octanol–water partition coefficient (Wildman–Crippen LogP) is 2.53. The number of nitrogen functional groups attached to an aromatic ring is 1. The number of aromatic nitrogens is 2. The molecule has 0 bridgehead atoms. The van der Waals surface area contributed by atoms with Gasteiger partial charge in [0.1, 0.15) is 0 Å². The first kappa shape index (κ1) is 9.40. The molecule has 3 nitrogen and oxygen atoms in total. The number of benzene rings is 1. The van der Waals surface area contributed by atoms with Crippen LogP contribution in [0, 0.1) is 0 Å². The Kier molecular flexibility index (Phi) is 2.37. The summed E-state index contributed by atoms with van der Waals surface area (Å²) in [5.41, 5.74) is 8.64. The molecule has 0 saturated carbocycles. The van der Waals surface area contributed by atoms with Gasteiger partial charge in [-0.05, 0) is 24.1 Å². The maximum Gasteiger partial charge on any atom is 0.198 e. The van der Waals surface area contributed by atoms with Crippen molar-refractivity contribution in [3.8, 4) is 0 Å². The molecule has 3 N–H and O–H groups in total. The van der Waals surface area contributed by atoms with Crippen molar-refractivity contribution in [2.24, 2.45) is 0 Å². The van der Waals surface area contributed by atoms with Crippen LogP contribution in [0.3, 0.4) is 0 Å². The van der Waals surface area contributed by atoms with Crippen molar-refractivity contribution in [2.45, 2.75) is 18.6 Å². The van der Waals surface area contributed by atoms with Crippen LogP contribution in [0.2, 0.25) is 0 Å². The van der Waals surface area contributed by atoms with Crippen LogP contribution in [0.5, 0.6) is 0 Å². The fourth-order valence-electron chi connectivity index (χ4n) is 1.49. The Balaban J connectivity index is 2.50. The van der Waals surface area contributed by atoms with Crippen molar-refractivity contribution in [3.63, 3.8) is 0 Å². The number of nitrogens with one attached hydrogen (secondary N) is 1. The Labute approximate surface area is 88.1 Å². The number of hydrogen-bond donors (Lipinski definition) is 3. The second-order valence-corrected chi connectivity index (χ2v) is 3.95. The zero-order chi connectivity index (χ0) is 10.1. The molecular formula is C10H13N3S. The largest absolute Gasteiger partial charge is 0.369 e. The van der Waals surface area contributed by atoms with Gasteiger partial charge in [-0.25, -0.2) is 4.98 Å². The number of nitrogens with two attached hydrogens (primary N) is 1. The minimum absolute atomic E-state index is 0.275. The molecule has 14 heavy (non-hydrogen) atoms. The third-order valence-corrected chi connectivity index (χ3v) is 2.96. The van der Waals surface area contributed by atoms with E-state index in [0.717, 1.165) is 17.5 Å². The fourth-order valence-corrected chi connectivity index (χ4v) is 1.65. The molecule has 74 valence electrons. The van der Waals surface area contributed by atoms with Crippen molar-refractivity contribution < 1.29 is 0 Å². The van der Waals surface area contributed by atoms with Crippen molar-refractivity contribution >= 4 is 29.6 Å². The first-order valence-electron chi connectivity index (χ1n) is 4.64. The van der Waals surface area contributed by atoms with E-state index in [-0.39, 0.29) is 5.25 Å². The van der Waals surface area contributed by atoms with Gasteiger partial charge in [-0.3, -0.25) is 0 Å². The van der Waals surface area contributed by atoms with E-state index in [9.17, 15) is 0 Å². The molecule has 1 atom stereocenters. The quantitative estimate of drug-likeness (QED) is 0.663. The number of aromatic amines is 1. The molecule has 0 aliphatic rings. The maximum absolute atomic E-state index is 5.56. The minimum Gasteiger partial charge on any atom is -0.369 e. The van der Waals surface area contributed by atoms with E-state index in [4.69, 9.17) is 5.73 Å². The molecule has 2 aromatic rings. The summed E-state index contributed by atoms with van der Waals surface area (Å²) >= 11 is 4.48. The molecule has 0 aliphatic heterocycles. The van der Waals surface area contributed by atoms with Crippen LogP contribution in [-0.2, 0) is 0 Å². The average molecular weight is 207 g/mol. The van der Waals surface area contributed by atoms with Gasteiger partial charge in [0.15, 0.2) is 5.95 Å². The van der Waals surface area contributed by atoms with E-state index in [2.05, 4.69) is 35.6 Å². The molecule has 1 heterocycles. The van der Waals surface area contributed by atoms with Crippen LogP contribution in [-0.4, -0.2) is 9.97 Å². The highest BCUT2D eigenvalue weighted by Gasteiger charge is 2.06. The molecule has 1 aromatic heterocycles.